The predicted molar refractivity (Wildman–Crippen MR) is 94.2 cm³/mol. The maximum Gasteiger partial charge on any atom is 0.233 e. The Hall–Kier alpha value is -1.74. The number of aryl methyl sites for hydroxylation is 2. The van der Waals surface area contributed by atoms with E-state index in [0.717, 1.165) is 4.90 Å². The second-order valence-corrected chi connectivity index (χ2v) is 7.08. The first-order chi connectivity index (χ1) is 10.5. The van der Waals surface area contributed by atoms with Gasteiger partial charge in [-0.25, -0.2) is 0 Å². The molecule has 0 heterocycles. The highest BCUT2D eigenvalue weighted by molar-refractivity contribution is 8.00. The van der Waals surface area contributed by atoms with E-state index in [1.807, 2.05) is 44.2 Å². The third-order valence-electron chi connectivity index (χ3n) is 3.69. The second kappa shape index (κ2) is 7.50. The number of nitrogens with one attached hydrogen (secondary N) is 1. The maximum absolute atomic E-state index is 12.4. The van der Waals surface area contributed by atoms with E-state index in [4.69, 9.17) is 0 Å². The summed E-state index contributed by atoms with van der Waals surface area (Å²) in [6.45, 7) is 8.15. The van der Waals surface area contributed by atoms with Gasteiger partial charge in [-0.2, -0.15) is 0 Å². The van der Waals surface area contributed by atoms with Crippen LogP contribution in [0.2, 0.25) is 0 Å². The molecule has 1 N–H and O–H groups in total. The van der Waals surface area contributed by atoms with Crippen LogP contribution >= 0.6 is 11.8 Å². The van der Waals surface area contributed by atoms with Crippen molar-refractivity contribution in [1.29, 1.82) is 0 Å². The van der Waals surface area contributed by atoms with E-state index in [-0.39, 0.29) is 17.2 Å². The molecule has 0 unspecified atom stereocenters. The zero-order valence-electron chi connectivity index (χ0n) is 13.6. The molecular formula is C19H23NOS. The highest BCUT2D eigenvalue weighted by atomic mass is 32.2. The third kappa shape index (κ3) is 4.38. The van der Waals surface area contributed by atoms with Gasteiger partial charge in [-0.15, -0.1) is 11.8 Å². The quantitative estimate of drug-likeness (QED) is 0.813. The van der Waals surface area contributed by atoms with Crippen molar-refractivity contribution in [3.8, 4) is 0 Å². The van der Waals surface area contributed by atoms with Crippen molar-refractivity contribution in [3.63, 3.8) is 0 Å². The lowest BCUT2D eigenvalue weighted by atomic mass is 10.00. The topological polar surface area (TPSA) is 29.1 Å². The summed E-state index contributed by atoms with van der Waals surface area (Å²) >= 11 is 1.58. The van der Waals surface area contributed by atoms with Crippen molar-refractivity contribution in [2.45, 2.75) is 43.9 Å². The molecule has 0 aromatic heterocycles. The molecule has 2 rings (SSSR count). The van der Waals surface area contributed by atoms with Gasteiger partial charge in [0.15, 0.2) is 0 Å². The molecule has 2 aromatic rings. The average molecular weight is 313 g/mol. The van der Waals surface area contributed by atoms with Crippen LogP contribution in [0.1, 0.15) is 36.6 Å². The van der Waals surface area contributed by atoms with E-state index >= 15 is 0 Å². The summed E-state index contributed by atoms with van der Waals surface area (Å²) in [5.41, 5.74) is 3.61. The minimum absolute atomic E-state index is 0.0197. The van der Waals surface area contributed by atoms with Gasteiger partial charge >= 0.3 is 0 Å². The normalized spacial score (nSPS) is 13.5. The fraction of sp³-hybridized carbons (Fsp3) is 0.316. The molecule has 2 atom stereocenters. The van der Waals surface area contributed by atoms with Crippen molar-refractivity contribution in [1.82, 2.24) is 5.32 Å². The molecule has 0 aliphatic carbocycles. The Labute approximate surface area is 137 Å². The summed E-state index contributed by atoms with van der Waals surface area (Å²) in [6.07, 6.45) is 0. The lowest BCUT2D eigenvalue weighted by Gasteiger charge is -2.20. The van der Waals surface area contributed by atoms with Gasteiger partial charge in [0.05, 0.1) is 11.3 Å². The molecule has 0 saturated carbocycles. The number of thioether (sulfide) groups is 1. The molecule has 0 saturated heterocycles. The van der Waals surface area contributed by atoms with Gasteiger partial charge in [0.25, 0.3) is 0 Å². The van der Waals surface area contributed by atoms with E-state index in [2.05, 4.69) is 37.4 Å². The number of benzene rings is 2. The first-order valence-corrected chi connectivity index (χ1v) is 8.44. The van der Waals surface area contributed by atoms with Crippen LogP contribution in [-0.2, 0) is 4.79 Å². The Bertz CT molecular complexity index is 639. The number of carbonyl (C=O) groups is 1. The second-order valence-electron chi connectivity index (χ2n) is 5.66. The molecule has 2 nitrogen and oxygen atoms in total. The molecular weight excluding hydrogens is 290 g/mol. The Morgan fingerprint density at radius 2 is 1.73 bits per heavy atom. The molecule has 0 radical (unpaired) electrons. The first kappa shape index (κ1) is 16.6. The minimum Gasteiger partial charge on any atom is -0.349 e. The summed E-state index contributed by atoms with van der Waals surface area (Å²) in [7, 11) is 0. The predicted octanol–water partition coefficient (Wildman–Crippen LogP) is 4.66. The summed E-state index contributed by atoms with van der Waals surface area (Å²) < 4.78 is 0. The molecule has 116 valence electrons. The van der Waals surface area contributed by atoms with E-state index < -0.39 is 0 Å². The van der Waals surface area contributed by atoms with Gasteiger partial charge in [0, 0.05) is 4.90 Å². The van der Waals surface area contributed by atoms with Crippen LogP contribution in [0.3, 0.4) is 0 Å². The average Bonchev–Trinajstić information content (AvgIpc) is 2.50. The number of amides is 1. The van der Waals surface area contributed by atoms with Crippen molar-refractivity contribution in [2.24, 2.45) is 0 Å². The number of carbonyl (C=O) groups excluding carboxylic acids is 1. The van der Waals surface area contributed by atoms with Gasteiger partial charge < -0.3 is 5.32 Å². The lowest BCUT2D eigenvalue weighted by molar-refractivity contribution is -0.120. The van der Waals surface area contributed by atoms with Crippen LogP contribution in [0, 0.1) is 13.8 Å². The van der Waals surface area contributed by atoms with E-state index in [9.17, 15) is 4.79 Å². The molecule has 0 fully saturated rings. The summed E-state index contributed by atoms with van der Waals surface area (Å²) in [4.78, 5) is 13.5. The molecule has 0 aliphatic rings. The van der Waals surface area contributed by atoms with Crippen molar-refractivity contribution in [2.75, 3.05) is 0 Å². The van der Waals surface area contributed by atoms with Crippen LogP contribution in [-0.4, -0.2) is 11.2 Å². The fourth-order valence-corrected chi connectivity index (χ4v) is 3.29. The Kier molecular flexibility index (Phi) is 5.67. The Morgan fingerprint density at radius 3 is 2.41 bits per heavy atom. The maximum atomic E-state index is 12.4. The summed E-state index contributed by atoms with van der Waals surface area (Å²) in [5, 5.41) is 3.01. The molecule has 0 spiro atoms. The largest absolute Gasteiger partial charge is 0.349 e. The van der Waals surface area contributed by atoms with Gasteiger partial charge in [0.1, 0.15) is 0 Å². The standard InChI is InChI=1S/C19H23NOS/c1-13-10-11-14(2)18(12-13)15(3)20-19(21)16(4)22-17-8-6-5-7-9-17/h5-12,15-16H,1-4H3,(H,20,21)/t15-,16+/m0/s1. The highest BCUT2D eigenvalue weighted by Crippen LogP contribution is 2.24. The van der Waals surface area contributed by atoms with E-state index in [1.165, 1.54) is 16.7 Å². The monoisotopic (exact) mass is 313 g/mol. The van der Waals surface area contributed by atoms with Crippen LogP contribution in [0.15, 0.2) is 53.4 Å². The van der Waals surface area contributed by atoms with E-state index in [0.29, 0.717) is 0 Å². The number of hydrogen-bond donors (Lipinski definition) is 1. The number of rotatable bonds is 5. The summed E-state index contributed by atoms with van der Waals surface area (Å²) in [6, 6.07) is 16.4. The van der Waals surface area contributed by atoms with E-state index in [1.54, 1.807) is 11.8 Å². The van der Waals surface area contributed by atoms with Gasteiger partial charge in [-0.05, 0) is 51.0 Å². The number of hydrogen-bond acceptors (Lipinski definition) is 2. The highest BCUT2D eigenvalue weighted by Gasteiger charge is 2.18. The smallest absolute Gasteiger partial charge is 0.233 e. The third-order valence-corrected chi connectivity index (χ3v) is 4.80. The fourth-order valence-electron chi connectivity index (χ4n) is 2.39. The molecule has 22 heavy (non-hydrogen) atoms. The molecule has 3 heteroatoms. The van der Waals surface area contributed by atoms with Crippen LogP contribution in [0.4, 0.5) is 0 Å². The minimum atomic E-state index is -0.116. The van der Waals surface area contributed by atoms with Crippen LogP contribution in [0.5, 0.6) is 0 Å². The summed E-state index contributed by atoms with van der Waals surface area (Å²) in [5.74, 6) is 0.0715. The molecule has 1 amide bonds. The molecule has 0 aliphatic heterocycles. The van der Waals surface area contributed by atoms with Crippen LogP contribution in [0.25, 0.3) is 0 Å². The van der Waals surface area contributed by atoms with Crippen molar-refractivity contribution < 1.29 is 4.79 Å². The zero-order chi connectivity index (χ0) is 16.1. The molecule has 0 bridgehead atoms. The zero-order valence-corrected chi connectivity index (χ0v) is 14.4. The SMILES string of the molecule is Cc1ccc(C)c([C@H](C)NC(=O)[C@@H](C)Sc2ccccc2)c1. The Balaban J connectivity index is 2.00. The van der Waals surface area contributed by atoms with Crippen molar-refractivity contribution in [3.05, 3.63) is 65.2 Å². The Morgan fingerprint density at radius 1 is 1.05 bits per heavy atom. The lowest BCUT2D eigenvalue weighted by Crippen LogP contribution is -2.33. The van der Waals surface area contributed by atoms with Gasteiger partial charge in [-0.3, -0.25) is 4.79 Å². The van der Waals surface area contributed by atoms with Crippen LogP contribution < -0.4 is 5.32 Å². The van der Waals surface area contributed by atoms with Gasteiger partial charge in [0.2, 0.25) is 5.91 Å². The van der Waals surface area contributed by atoms with Gasteiger partial charge in [-0.1, -0.05) is 42.0 Å². The van der Waals surface area contributed by atoms with Crippen molar-refractivity contribution >= 4 is 17.7 Å². The molecule has 2 aromatic carbocycles. The first-order valence-electron chi connectivity index (χ1n) is 7.56.